The molecule has 0 amide bonds. The monoisotopic (exact) mass is 464 g/mol. The molecule has 0 saturated carbocycles. The van der Waals surface area contributed by atoms with Gasteiger partial charge < -0.3 is 14.9 Å². The van der Waals surface area contributed by atoms with E-state index in [4.69, 9.17) is 4.74 Å². The number of carbonyl (C=O) groups excluding carboxylic acids is 3. The first-order chi connectivity index (χ1) is 16.8. The van der Waals surface area contributed by atoms with Crippen LogP contribution < -0.4 is 0 Å². The number of para-hydroxylation sites is 2. The van der Waals surface area contributed by atoms with Crippen molar-refractivity contribution in [3.05, 3.63) is 107 Å². The molecule has 3 atom stereocenters. The van der Waals surface area contributed by atoms with E-state index in [1.54, 1.807) is 48.5 Å². The number of aromatic nitrogens is 2. The number of rotatable bonds is 1. The number of aliphatic hydroxyl groups is 2. The summed E-state index contributed by atoms with van der Waals surface area (Å²) in [5.41, 5.74) is -3.96. The maximum Gasteiger partial charge on any atom is 0.233 e. The number of nitrogens with zero attached hydrogens (tertiary/aromatic N) is 2. The van der Waals surface area contributed by atoms with E-state index in [0.717, 1.165) is 0 Å². The van der Waals surface area contributed by atoms with E-state index >= 15 is 0 Å². The fraction of sp³-hybridized carbons (Fsp3) is 0.148. The SMILES string of the molecule is O=C1c2ccccc2C(=O)C12O[C@@]1(O)c3ccccc3C(=O)[C@]1(O)[C@@H]2c1cnc2ccccc2n1. The van der Waals surface area contributed by atoms with Crippen molar-refractivity contribution >= 4 is 28.4 Å². The minimum atomic E-state index is -2.71. The summed E-state index contributed by atoms with van der Waals surface area (Å²) < 4.78 is 6.03. The highest BCUT2D eigenvalue weighted by Crippen LogP contribution is 2.65. The van der Waals surface area contributed by atoms with Crippen molar-refractivity contribution < 1.29 is 29.3 Å². The number of fused-ring (bicyclic) bond motifs is 5. The molecule has 3 aromatic carbocycles. The van der Waals surface area contributed by atoms with Crippen molar-refractivity contribution in [2.45, 2.75) is 22.9 Å². The molecule has 1 fully saturated rings. The minimum absolute atomic E-state index is 0.0142. The molecule has 1 aliphatic heterocycles. The Morgan fingerprint density at radius 1 is 0.714 bits per heavy atom. The smallest absolute Gasteiger partial charge is 0.233 e. The quantitative estimate of drug-likeness (QED) is 0.411. The van der Waals surface area contributed by atoms with Gasteiger partial charge in [0.1, 0.15) is 0 Å². The summed E-state index contributed by atoms with van der Waals surface area (Å²) in [7, 11) is 0. The second kappa shape index (κ2) is 6.31. The lowest BCUT2D eigenvalue weighted by Crippen LogP contribution is -2.54. The standard InChI is InChI=1S/C27H16N2O6/c30-22-14-7-1-2-8-15(14)23(31)25(22)21(20-13-28-18-11-5-6-12-19(18)29-20)26(33)24(32)16-9-3-4-10-17(16)27(26,34)35-25/h1-13,21,33-34H/t21-,26-,27+/m1/s1. The maximum absolute atomic E-state index is 13.9. The van der Waals surface area contributed by atoms with Crippen LogP contribution in [0.2, 0.25) is 0 Å². The van der Waals surface area contributed by atoms with Gasteiger partial charge in [0, 0.05) is 28.5 Å². The van der Waals surface area contributed by atoms with E-state index < -0.39 is 40.3 Å². The number of Topliss-reactive ketones (excluding diaryl/α,β-unsaturated/α-hetero) is 3. The molecule has 2 aliphatic carbocycles. The fourth-order valence-electron chi connectivity index (χ4n) is 5.86. The van der Waals surface area contributed by atoms with Crippen molar-refractivity contribution in [1.82, 2.24) is 9.97 Å². The summed E-state index contributed by atoms with van der Waals surface area (Å²) in [6.07, 6.45) is 1.31. The van der Waals surface area contributed by atoms with Gasteiger partial charge in [0.2, 0.25) is 28.7 Å². The van der Waals surface area contributed by atoms with E-state index in [2.05, 4.69) is 9.97 Å². The van der Waals surface area contributed by atoms with Crippen LogP contribution in [0.3, 0.4) is 0 Å². The van der Waals surface area contributed by atoms with E-state index in [1.807, 2.05) is 0 Å². The summed E-state index contributed by atoms with van der Waals surface area (Å²) in [5.74, 6) is -6.68. The first-order valence-electron chi connectivity index (χ1n) is 11.0. The molecule has 35 heavy (non-hydrogen) atoms. The average molecular weight is 464 g/mol. The Balaban J connectivity index is 1.57. The highest BCUT2D eigenvalue weighted by atomic mass is 16.7. The second-order valence-electron chi connectivity index (χ2n) is 9.04. The van der Waals surface area contributed by atoms with Gasteiger partial charge in [-0.3, -0.25) is 19.4 Å². The first kappa shape index (κ1) is 20.3. The normalized spacial score (nSPS) is 27.9. The zero-order valence-corrected chi connectivity index (χ0v) is 18.0. The zero-order valence-electron chi connectivity index (χ0n) is 18.0. The van der Waals surface area contributed by atoms with Crippen molar-refractivity contribution in [3.8, 4) is 0 Å². The lowest BCUT2D eigenvalue weighted by molar-refractivity contribution is -0.255. The Bertz CT molecular complexity index is 1610. The number of ketones is 3. The van der Waals surface area contributed by atoms with Gasteiger partial charge in [-0.2, -0.15) is 0 Å². The van der Waals surface area contributed by atoms with Gasteiger partial charge >= 0.3 is 0 Å². The molecule has 2 heterocycles. The van der Waals surface area contributed by atoms with Crippen LogP contribution >= 0.6 is 0 Å². The van der Waals surface area contributed by atoms with Crippen LogP contribution in [0.1, 0.15) is 48.2 Å². The minimum Gasteiger partial charge on any atom is -0.376 e. The van der Waals surface area contributed by atoms with Crippen molar-refractivity contribution in [1.29, 1.82) is 0 Å². The predicted molar refractivity (Wildman–Crippen MR) is 121 cm³/mol. The molecule has 0 bridgehead atoms. The van der Waals surface area contributed by atoms with Gasteiger partial charge in [-0.25, -0.2) is 4.98 Å². The highest BCUT2D eigenvalue weighted by molar-refractivity contribution is 6.34. The molecular weight excluding hydrogens is 448 g/mol. The Labute approximate surface area is 197 Å². The summed E-state index contributed by atoms with van der Waals surface area (Å²) in [6.45, 7) is 0. The Morgan fingerprint density at radius 2 is 1.29 bits per heavy atom. The van der Waals surface area contributed by atoms with Gasteiger partial charge in [0.15, 0.2) is 5.60 Å². The van der Waals surface area contributed by atoms with Crippen LogP contribution in [0.5, 0.6) is 0 Å². The summed E-state index contributed by atoms with van der Waals surface area (Å²) in [5, 5.41) is 24.0. The molecule has 0 unspecified atom stereocenters. The van der Waals surface area contributed by atoms with Crippen LogP contribution in [-0.4, -0.2) is 48.7 Å². The average Bonchev–Trinajstić information content (AvgIpc) is 3.31. The topological polar surface area (TPSA) is 127 Å². The molecule has 1 saturated heterocycles. The van der Waals surface area contributed by atoms with E-state index in [9.17, 15) is 24.6 Å². The molecular formula is C27H16N2O6. The zero-order chi connectivity index (χ0) is 24.2. The van der Waals surface area contributed by atoms with Crippen molar-refractivity contribution in [2.75, 3.05) is 0 Å². The van der Waals surface area contributed by atoms with Gasteiger partial charge in [0.05, 0.1) is 22.6 Å². The van der Waals surface area contributed by atoms with Crippen LogP contribution in [0.4, 0.5) is 0 Å². The van der Waals surface area contributed by atoms with Crippen LogP contribution in [0, 0.1) is 0 Å². The van der Waals surface area contributed by atoms with E-state index in [0.29, 0.717) is 11.0 Å². The van der Waals surface area contributed by atoms with E-state index in [-0.39, 0.29) is 27.9 Å². The molecule has 8 nitrogen and oxygen atoms in total. The van der Waals surface area contributed by atoms with Gasteiger partial charge in [-0.15, -0.1) is 0 Å². The largest absolute Gasteiger partial charge is 0.376 e. The molecule has 2 N–H and O–H groups in total. The Kier molecular flexibility index (Phi) is 3.65. The molecule has 3 aliphatic rings. The number of ether oxygens (including phenoxy) is 1. The molecule has 1 aromatic heterocycles. The highest BCUT2D eigenvalue weighted by Gasteiger charge is 2.83. The van der Waals surface area contributed by atoms with Crippen molar-refractivity contribution in [2.24, 2.45) is 0 Å². The van der Waals surface area contributed by atoms with Gasteiger partial charge in [-0.05, 0) is 12.1 Å². The van der Waals surface area contributed by atoms with E-state index in [1.165, 1.54) is 30.5 Å². The second-order valence-corrected chi connectivity index (χ2v) is 9.04. The Morgan fingerprint density at radius 3 is 1.97 bits per heavy atom. The molecule has 1 spiro atoms. The predicted octanol–water partition coefficient (Wildman–Crippen LogP) is 2.33. The summed E-state index contributed by atoms with van der Waals surface area (Å²) in [6, 6.07) is 19.2. The molecule has 170 valence electrons. The fourth-order valence-corrected chi connectivity index (χ4v) is 5.86. The molecule has 8 heteroatoms. The third-order valence-electron chi connectivity index (χ3n) is 7.39. The van der Waals surface area contributed by atoms with Crippen LogP contribution in [-0.2, 0) is 10.5 Å². The maximum atomic E-state index is 13.9. The number of carbonyl (C=O) groups is 3. The lowest BCUT2D eigenvalue weighted by Gasteiger charge is -2.32. The third-order valence-corrected chi connectivity index (χ3v) is 7.39. The number of benzene rings is 3. The van der Waals surface area contributed by atoms with Gasteiger partial charge in [-0.1, -0.05) is 60.7 Å². The molecule has 4 aromatic rings. The number of hydrogen-bond donors (Lipinski definition) is 2. The third kappa shape index (κ3) is 2.11. The lowest BCUT2D eigenvalue weighted by atomic mass is 9.70. The first-order valence-corrected chi connectivity index (χ1v) is 11.0. The summed E-state index contributed by atoms with van der Waals surface area (Å²) in [4.78, 5) is 50.4. The van der Waals surface area contributed by atoms with Crippen molar-refractivity contribution in [3.63, 3.8) is 0 Å². The Hall–Kier alpha value is -4.11. The van der Waals surface area contributed by atoms with Gasteiger partial charge in [0.25, 0.3) is 0 Å². The molecule has 7 rings (SSSR count). The number of hydrogen-bond acceptors (Lipinski definition) is 8. The van der Waals surface area contributed by atoms with Crippen LogP contribution in [0.15, 0.2) is 79.0 Å². The molecule has 0 radical (unpaired) electrons. The van der Waals surface area contributed by atoms with Crippen LogP contribution in [0.25, 0.3) is 11.0 Å². The summed E-state index contributed by atoms with van der Waals surface area (Å²) >= 11 is 0.